The molecular weight excluding hydrogens is 426 g/mol. The lowest BCUT2D eigenvalue weighted by molar-refractivity contribution is 0.0319. The van der Waals surface area contributed by atoms with Crippen molar-refractivity contribution in [1.82, 2.24) is 4.31 Å². The summed E-state index contributed by atoms with van der Waals surface area (Å²) in [7, 11) is -3.74. The van der Waals surface area contributed by atoms with Crippen LogP contribution in [0.15, 0.2) is 94.4 Å². The standard InChI is InChI=1S/C25H21NO5S/c27-25(22-10-6-11-23-21(22)14-16-30-23)31-17-19-13-15-26(19)32(28,29)24-12-5-4-9-20(24)18-7-2-1-3-8-18/h1-12,14,16,19H,13,15,17H2. The topological polar surface area (TPSA) is 76.8 Å². The molecule has 0 saturated carbocycles. The first kappa shape index (κ1) is 20.5. The number of rotatable bonds is 6. The Morgan fingerprint density at radius 2 is 1.75 bits per heavy atom. The normalized spacial score (nSPS) is 16.6. The van der Waals surface area contributed by atoms with Crippen molar-refractivity contribution >= 4 is 27.0 Å². The lowest BCUT2D eigenvalue weighted by atomic mass is 10.1. The molecule has 1 fully saturated rings. The molecule has 162 valence electrons. The summed E-state index contributed by atoms with van der Waals surface area (Å²) in [6, 6.07) is 22.9. The van der Waals surface area contributed by atoms with Gasteiger partial charge in [-0.15, -0.1) is 0 Å². The summed E-state index contributed by atoms with van der Waals surface area (Å²) in [4.78, 5) is 12.9. The second-order valence-corrected chi connectivity index (χ2v) is 9.52. The van der Waals surface area contributed by atoms with Crippen LogP contribution in [0.2, 0.25) is 0 Å². The van der Waals surface area contributed by atoms with Crippen molar-refractivity contribution in [2.24, 2.45) is 0 Å². The molecule has 1 atom stereocenters. The Labute approximate surface area is 186 Å². The molecule has 1 aromatic heterocycles. The molecule has 32 heavy (non-hydrogen) atoms. The molecule has 0 N–H and O–H groups in total. The van der Waals surface area contributed by atoms with Crippen molar-refractivity contribution in [3.8, 4) is 11.1 Å². The Bertz CT molecular complexity index is 1380. The zero-order valence-corrected chi connectivity index (χ0v) is 18.0. The Balaban J connectivity index is 1.34. The van der Waals surface area contributed by atoms with Gasteiger partial charge >= 0.3 is 5.97 Å². The molecule has 4 aromatic rings. The van der Waals surface area contributed by atoms with Crippen LogP contribution in [0.5, 0.6) is 0 Å². The van der Waals surface area contributed by atoms with Gasteiger partial charge in [0.1, 0.15) is 12.2 Å². The molecule has 0 amide bonds. The SMILES string of the molecule is O=C(OCC1CCN1S(=O)(=O)c1ccccc1-c1ccccc1)c1cccc2occc12. The molecule has 6 nitrogen and oxygen atoms in total. The van der Waals surface area contributed by atoms with Crippen LogP contribution in [0.1, 0.15) is 16.8 Å². The van der Waals surface area contributed by atoms with E-state index in [2.05, 4.69) is 0 Å². The molecule has 7 heteroatoms. The van der Waals surface area contributed by atoms with E-state index in [0.29, 0.717) is 35.1 Å². The number of ether oxygens (including phenoxy) is 1. The molecular formula is C25H21NO5S. The van der Waals surface area contributed by atoms with Crippen LogP contribution in [-0.4, -0.2) is 37.9 Å². The largest absolute Gasteiger partial charge is 0.464 e. The summed E-state index contributed by atoms with van der Waals surface area (Å²) >= 11 is 0. The average molecular weight is 448 g/mol. The fraction of sp³-hybridized carbons (Fsp3) is 0.160. The first-order chi connectivity index (χ1) is 15.6. The number of carbonyl (C=O) groups excluding carboxylic acids is 1. The number of hydrogen-bond donors (Lipinski definition) is 0. The Kier molecular flexibility index (Phi) is 5.28. The van der Waals surface area contributed by atoms with Crippen molar-refractivity contribution in [1.29, 1.82) is 0 Å². The van der Waals surface area contributed by atoms with Crippen molar-refractivity contribution in [3.05, 3.63) is 90.7 Å². The third-order valence-corrected chi connectivity index (χ3v) is 7.78. The maximum Gasteiger partial charge on any atom is 0.338 e. The number of hydrogen-bond acceptors (Lipinski definition) is 5. The van der Waals surface area contributed by atoms with Crippen molar-refractivity contribution in [3.63, 3.8) is 0 Å². The number of furan rings is 1. The summed E-state index contributed by atoms with van der Waals surface area (Å²) in [5.41, 5.74) is 2.50. The van der Waals surface area contributed by atoms with Gasteiger partial charge in [0.2, 0.25) is 10.0 Å². The lowest BCUT2D eigenvalue weighted by Gasteiger charge is -2.39. The lowest BCUT2D eigenvalue weighted by Crippen LogP contribution is -2.53. The minimum absolute atomic E-state index is 0.000192. The molecule has 1 unspecified atom stereocenters. The van der Waals surface area contributed by atoms with Crippen molar-refractivity contribution in [2.45, 2.75) is 17.4 Å². The van der Waals surface area contributed by atoms with E-state index >= 15 is 0 Å². The van der Waals surface area contributed by atoms with E-state index in [-0.39, 0.29) is 11.5 Å². The van der Waals surface area contributed by atoms with Crippen LogP contribution in [0.3, 0.4) is 0 Å². The number of benzene rings is 3. The molecule has 0 aliphatic carbocycles. The van der Waals surface area contributed by atoms with Gasteiger partial charge in [0, 0.05) is 17.5 Å². The maximum atomic E-state index is 13.4. The number of carbonyl (C=O) groups is 1. The van der Waals surface area contributed by atoms with Gasteiger partial charge in [-0.3, -0.25) is 0 Å². The Morgan fingerprint density at radius 1 is 0.969 bits per heavy atom. The summed E-state index contributed by atoms with van der Waals surface area (Å²) in [6.45, 7) is 0.394. The number of nitrogens with zero attached hydrogens (tertiary/aromatic N) is 1. The van der Waals surface area contributed by atoms with E-state index in [1.807, 2.05) is 42.5 Å². The number of esters is 1. The van der Waals surface area contributed by atoms with E-state index < -0.39 is 22.0 Å². The highest BCUT2D eigenvalue weighted by atomic mass is 32.2. The quantitative estimate of drug-likeness (QED) is 0.400. The third-order valence-electron chi connectivity index (χ3n) is 5.77. The van der Waals surface area contributed by atoms with Crippen LogP contribution < -0.4 is 0 Å². The molecule has 2 heterocycles. The summed E-state index contributed by atoms with van der Waals surface area (Å²) < 4.78 is 39.1. The Morgan fingerprint density at radius 3 is 2.53 bits per heavy atom. The van der Waals surface area contributed by atoms with E-state index in [9.17, 15) is 13.2 Å². The van der Waals surface area contributed by atoms with E-state index in [1.165, 1.54) is 10.6 Å². The van der Waals surface area contributed by atoms with Crippen molar-refractivity contribution in [2.75, 3.05) is 13.2 Å². The second kappa shape index (κ2) is 8.26. The summed E-state index contributed by atoms with van der Waals surface area (Å²) in [5, 5.41) is 0.673. The highest BCUT2D eigenvalue weighted by Gasteiger charge is 2.40. The zero-order valence-electron chi connectivity index (χ0n) is 17.2. The fourth-order valence-electron chi connectivity index (χ4n) is 4.00. The van der Waals surface area contributed by atoms with Crippen molar-refractivity contribution < 1.29 is 22.4 Å². The predicted molar refractivity (Wildman–Crippen MR) is 121 cm³/mol. The maximum absolute atomic E-state index is 13.4. The van der Waals surface area contributed by atoms with Gasteiger partial charge in [0.15, 0.2) is 0 Å². The summed E-state index contributed by atoms with van der Waals surface area (Å²) in [6.07, 6.45) is 2.15. The van der Waals surface area contributed by atoms with E-state index in [0.717, 1.165) is 5.56 Å². The molecule has 1 aliphatic heterocycles. The third kappa shape index (κ3) is 3.59. The van der Waals surface area contributed by atoms with Gasteiger partial charge in [-0.25, -0.2) is 13.2 Å². The van der Waals surface area contributed by atoms with Gasteiger partial charge in [-0.2, -0.15) is 4.31 Å². The van der Waals surface area contributed by atoms with Gasteiger partial charge in [-0.1, -0.05) is 54.6 Å². The first-order valence-electron chi connectivity index (χ1n) is 10.4. The van der Waals surface area contributed by atoms with Gasteiger partial charge < -0.3 is 9.15 Å². The highest BCUT2D eigenvalue weighted by Crippen LogP contribution is 2.33. The molecule has 5 rings (SSSR count). The zero-order chi connectivity index (χ0) is 22.1. The first-order valence-corrected chi connectivity index (χ1v) is 11.8. The van der Waals surface area contributed by atoms with Gasteiger partial charge in [-0.05, 0) is 36.2 Å². The van der Waals surface area contributed by atoms with Crippen LogP contribution in [-0.2, 0) is 14.8 Å². The van der Waals surface area contributed by atoms with Gasteiger partial charge in [0.25, 0.3) is 0 Å². The molecule has 0 radical (unpaired) electrons. The van der Waals surface area contributed by atoms with Crippen LogP contribution in [0.4, 0.5) is 0 Å². The second-order valence-electron chi connectivity index (χ2n) is 7.66. The number of sulfonamides is 1. The van der Waals surface area contributed by atoms with Gasteiger partial charge in [0.05, 0.1) is 22.8 Å². The molecule has 1 aliphatic rings. The van der Waals surface area contributed by atoms with Crippen LogP contribution >= 0.6 is 0 Å². The highest BCUT2D eigenvalue weighted by molar-refractivity contribution is 7.89. The van der Waals surface area contributed by atoms with E-state index in [1.54, 1.807) is 36.4 Å². The minimum atomic E-state index is -3.74. The monoisotopic (exact) mass is 447 g/mol. The minimum Gasteiger partial charge on any atom is -0.464 e. The summed E-state index contributed by atoms with van der Waals surface area (Å²) in [5.74, 6) is -0.495. The smallest absolute Gasteiger partial charge is 0.338 e. The fourth-order valence-corrected chi connectivity index (χ4v) is 5.87. The average Bonchev–Trinajstić information content (AvgIpc) is 3.27. The van der Waals surface area contributed by atoms with Crippen LogP contribution in [0, 0.1) is 0 Å². The van der Waals surface area contributed by atoms with E-state index in [4.69, 9.17) is 9.15 Å². The molecule has 0 spiro atoms. The molecule has 3 aromatic carbocycles. The number of fused-ring (bicyclic) bond motifs is 1. The molecule has 0 bridgehead atoms. The predicted octanol–water partition coefficient (Wildman–Crippen LogP) is 4.72. The molecule has 1 saturated heterocycles. The van der Waals surface area contributed by atoms with Crippen LogP contribution in [0.25, 0.3) is 22.1 Å². The Hall–Kier alpha value is -3.42.